The van der Waals surface area contributed by atoms with Gasteiger partial charge in [0, 0.05) is 6.54 Å². The Morgan fingerprint density at radius 1 is 0.758 bits per heavy atom. The molecule has 1 rings (SSSR count). The molecule has 0 N–H and O–H groups in total. The van der Waals surface area contributed by atoms with Gasteiger partial charge in [-0.1, -0.05) is 117 Å². The van der Waals surface area contributed by atoms with Crippen molar-refractivity contribution >= 4 is 12.1 Å². The van der Waals surface area contributed by atoms with Gasteiger partial charge < -0.3 is 9.47 Å². The summed E-state index contributed by atoms with van der Waals surface area (Å²) >= 11 is 0. The molecule has 1 aliphatic heterocycles. The van der Waals surface area contributed by atoms with E-state index in [1.165, 1.54) is 89.9 Å². The molecule has 0 unspecified atom stereocenters. The van der Waals surface area contributed by atoms with E-state index < -0.39 is 6.04 Å². The lowest BCUT2D eigenvalue weighted by Gasteiger charge is -2.23. The van der Waals surface area contributed by atoms with E-state index >= 15 is 0 Å². The van der Waals surface area contributed by atoms with Crippen molar-refractivity contribution < 1.29 is 19.1 Å². The first-order valence-electron chi connectivity index (χ1n) is 14.2. The third-order valence-corrected chi connectivity index (χ3v) is 6.54. The third-order valence-electron chi connectivity index (χ3n) is 6.54. The molecular formula is C28H53NO4. The molecule has 0 spiro atoms. The average Bonchev–Trinajstić information content (AvgIpc) is 3.29. The standard InChI is InChI=1S/C28H53NO4/c1-4-5-6-7-8-9-10-11-12-13-14-15-16-17-18-19-23-32-27(30)26-21-20-22-29(26)28(31)33-24-25(2)3/h25-26H,4-24H2,1-3H3/t26-/m0/s1. The van der Waals surface area contributed by atoms with E-state index in [2.05, 4.69) is 6.92 Å². The van der Waals surface area contributed by atoms with Gasteiger partial charge in [-0.2, -0.15) is 0 Å². The van der Waals surface area contributed by atoms with Gasteiger partial charge in [0.25, 0.3) is 0 Å². The summed E-state index contributed by atoms with van der Waals surface area (Å²) in [7, 11) is 0. The van der Waals surface area contributed by atoms with E-state index in [0.717, 1.165) is 19.3 Å². The van der Waals surface area contributed by atoms with Crippen molar-refractivity contribution in [1.29, 1.82) is 0 Å². The molecule has 0 aromatic rings. The first kappa shape index (κ1) is 29.8. The molecule has 0 bridgehead atoms. The van der Waals surface area contributed by atoms with Gasteiger partial charge in [0.15, 0.2) is 0 Å². The van der Waals surface area contributed by atoms with Crippen LogP contribution in [0.1, 0.15) is 136 Å². The summed E-state index contributed by atoms with van der Waals surface area (Å²) in [6.45, 7) is 7.70. The molecule has 33 heavy (non-hydrogen) atoms. The second kappa shape index (κ2) is 20.1. The van der Waals surface area contributed by atoms with Crippen LogP contribution in [0.5, 0.6) is 0 Å². The Labute approximate surface area is 204 Å². The van der Waals surface area contributed by atoms with E-state index in [-0.39, 0.29) is 18.0 Å². The predicted molar refractivity (Wildman–Crippen MR) is 136 cm³/mol. The second-order valence-corrected chi connectivity index (χ2v) is 10.3. The van der Waals surface area contributed by atoms with Crippen molar-refractivity contribution in [2.75, 3.05) is 19.8 Å². The number of esters is 1. The van der Waals surface area contributed by atoms with Crippen molar-refractivity contribution in [3.63, 3.8) is 0 Å². The SMILES string of the molecule is CCCCCCCCCCCCCCCCCCOC(=O)[C@@H]1CCCN1C(=O)OCC(C)C. The minimum absolute atomic E-state index is 0.269. The van der Waals surface area contributed by atoms with Crippen LogP contribution in [0.2, 0.25) is 0 Å². The molecule has 1 heterocycles. The van der Waals surface area contributed by atoms with Crippen molar-refractivity contribution in [3.05, 3.63) is 0 Å². The summed E-state index contributed by atoms with van der Waals surface area (Å²) in [6.07, 6.45) is 22.4. The second-order valence-electron chi connectivity index (χ2n) is 10.3. The van der Waals surface area contributed by atoms with Gasteiger partial charge >= 0.3 is 12.1 Å². The molecule has 0 aliphatic carbocycles. The highest BCUT2D eigenvalue weighted by Crippen LogP contribution is 2.20. The zero-order chi connectivity index (χ0) is 24.2. The van der Waals surface area contributed by atoms with Crippen molar-refractivity contribution in [3.8, 4) is 0 Å². The minimum atomic E-state index is -0.467. The van der Waals surface area contributed by atoms with Crippen molar-refractivity contribution in [1.82, 2.24) is 4.90 Å². The number of likely N-dealkylation sites (tertiary alicyclic amines) is 1. The molecule has 5 nitrogen and oxygen atoms in total. The Kier molecular flexibility index (Phi) is 18.2. The first-order chi connectivity index (χ1) is 16.1. The normalized spacial score (nSPS) is 15.9. The Bertz CT molecular complexity index is 494. The van der Waals surface area contributed by atoms with Crippen LogP contribution in [-0.2, 0) is 14.3 Å². The average molecular weight is 468 g/mol. The number of hydrogen-bond donors (Lipinski definition) is 0. The molecule has 5 heteroatoms. The fraction of sp³-hybridized carbons (Fsp3) is 0.929. The molecule has 0 saturated carbocycles. The van der Waals surface area contributed by atoms with E-state index in [9.17, 15) is 9.59 Å². The highest BCUT2D eigenvalue weighted by molar-refractivity contribution is 5.82. The zero-order valence-electron chi connectivity index (χ0n) is 22.1. The number of unbranched alkanes of at least 4 members (excludes halogenated alkanes) is 15. The molecule has 1 atom stereocenters. The van der Waals surface area contributed by atoms with Crippen LogP contribution in [0.4, 0.5) is 4.79 Å². The lowest BCUT2D eigenvalue weighted by atomic mass is 10.0. The van der Waals surface area contributed by atoms with Crippen LogP contribution in [0, 0.1) is 5.92 Å². The molecule has 194 valence electrons. The van der Waals surface area contributed by atoms with Gasteiger partial charge in [-0.15, -0.1) is 0 Å². The highest BCUT2D eigenvalue weighted by Gasteiger charge is 2.36. The van der Waals surface area contributed by atoms with Crippen LogP contribution >= 0.6 is 0 Å². The summed E-state index contributed by atoms with van der Waals surface area (Å²) < 4.78 is 10.7. The smallest absolute Gasteiger partial charge is 0.410 e. The molecule has 0 aromatic carbocycles. The van der Waals surface area contributed by atoms with E-state index in [4.69, 9.17) is 9.47 Å². The highest BCUT2D eigenvalue weighted by atomic mass is 16.6. The quantitative estimate of drug-likeness (QED) is 0.134. The van der Waals surface area contributed by atoms with E-state index in [1.807, 2.05) is 13.8 Å². The number of rotatable bonds is 20. The topological polar surface area (TPSA) is 55.8 Å². The number of amides is 1. The monoisotopic (exact) mass is 467 g/mol. The Morgan fingerprint density at radius 3 is 1.73 bits per heavy atom. The fourth-order valence-electron chi connectivity index (χ4n) is 4.47. The number of carbonyl (C=O) groups is 2. The third kappa shape index (κ3) is 15.3. The maximum atomic E-state index is 12.4. The van der Waals surface area contributed by atoms with Crippen molar-refractivity contribution in [2.45, 2.75) is 142 Å². The summed E-state index contributed by atoms with van der Waals surface area (Å²) in [4.78, 5) is 26.1. The maximum absolute atomic E-state index is 12.4. The molecule has 1 aliphatic rings. The molecule has 1 amide bonds. The van der Waals surface area contributed by atoms with E-state index in [1.54, 1.807) is 4.90 Å². The lowest BCUT2D eigenvalue weighted by molar-refractivity contribution is -0.148. The van der Waals surface area contributed by atoms with Crippen LogP contribution in [0.3, 0.4) is 0 Å². The summed E-state index contributed by atoms with van der Waals surface area (Å²) in [5.74, 6) is 0.0202. The number of carbonyl (C=O) groups excluding carboxylic acids is 2. The van der Waals surface area contributed by atoms with Crippen LogP contribution in [-0.4, -0.2) is 42.8 Å². The molecule has 1 saturated heterocycles. The van der Waals surface area contributed by atoms with Crippen LogP contribution in [0.25, 0.3) is 0 Å². The zero-order valence-corrected chi connectivity index (χ0v) is 22.1. The molecule has 0 aromatic heterocycles. The molecular weight excluding hydrogens is 414 g/mol. The Balaban J connectivity index is 1.91. The van der Waals surface area contributed by atoms with Crippen LogP contribution in [0.15, 0.2) is 0 Å². The van der Waals surface area contributed by atoms with Gasteiger partial charge in [-0.05, 0) is 25.2 Å². The number of ether oxygens (including phenoxy) is 2. The minimum Gasteiger partial charge on any atom is -0.464 e. The molecule has 1 fully saturated rings. The largest absolute Gasteiger partial charge is 0.464 e. The number of hydrogen-bond acceptors (Lipinski definition) is 4. The Morgan fingerprint density at radius 2 is 1.24 bits per heavy atom. The lowest BCUT2D eigenvalue weighted by Crippen LogP contribution is -2.42. The summed E-state index contributed by atoms with van der Waals surface area (Å²) in [6, 6.07) is -0.467. The van der Waals surface area contributed by atoms with Crippen molar-refractivity contribution in [2.24, 2.45) is 5.92 Å². The van der Waals surface area contributed by atoms with Gasteiger partial charge in [0.05, 0.1) is 13.2 Å². The fourth-order valence-corrected chi connectivity index (χ4v) is 4.47. The van der Waals surface area contributed by atoms with Gasteiger partial charge in [0.1, 0.15) is 6.04 Å². The summed E-state index contributed by atoms with van der Waals surface area (Å²) in [5.41, 5.74) is 0. The number of nitrogens with zero attached hydrogens (tertiary/aromatic N) is 1. The molecule has 0 radical (unpaired) electrons. The first-order valence-corrected chi connectivity index (χ1v) is 14.2. The van der Waals surface area contributed by atoms with Gasteiger partial charge in [0.2, 0.25) is 0 Å². The Hall–Kier alpha value is -1.26. The van der Waals surface area contributed by atoms with Gasteiger partial charge in [-0.3, -0.25) is 4.90 Å². The van der Waals surface area contributed by atoms with Gasteiger partial charge in [-0.25, -0.2) is 9.59 Å². The van der Waals surface area contributed by atoms with E-state index in [0.29, 0.717) is 26.2 Å². The predicted octanol–water partition coefficient (Wildman–Crippen LogP) is 8.05. The summed E-state index contributed by atoms with van der Waals surface area (Å²) in [5, 5.41) is 0. The maximum Gasteiger partial charge on any atom is 0.410 e. The van der Waals surface area contributed by atoms with Crippen LogP contribution < -0.4 is 0 Å².